The minimum atomic E-state index is -1.46. The Morgan fingerprint density at radius 2 is 1.74 bits per heavy atom. The van der Waals surface area contributed by atoms with Crippen LogP contribution in [0.5, 0.6) is 11.5 Å². The van der Waals surface area contributed by atoms with Crippen molar-refractivity contribution in [1.29, 1.82) is 0 Å². The lowest BCUT2D eigenvalue weighted by Crippen LogP contribution is -2.32. The number of ketones is 2. The van der Waals surface area contributed by atoms with Crippen LogP contribution >= 0.6 is 0 Å². The third-order valence-electron chi connectivity index (χ3n) is 3.90. The maximum absolute atomic E-state index is 12.3. The molecule has 1 aromatic carbocycles. The average Bonchev–Trinajstić information content (AvgIpc) is 2.50. The number of esters is 1. The Morgan fingerprint density at radius 1 is 1.09 bits per heavy atom. The Hall–Kier alpha value is -2.87. The van der Waals surface area contributed by atoms with Crippen LogP contribution in [0.25, 0.3) is 0 Å². The molecule has 1 aliphatic carbocycles. The first-order valence-electron chi connectivity index (χ1n) is 6.65. The van der Waals surface area contributed by atoms with Gasteiger partial charge >= 0.3 is 5.97 Å². The quantitative estimate of drug-likeness (QED) is 0.506. The summed E-state index contributed by atoms with van der Waals surface area (Å²) in [5, 5.41) is 30.8. The molecule has 8 heteroatoms. The molecule has 1 heterocycles. The third-order valence-corrected chi connectivity index (χ3v) is 3.90. The minimum Gasteiger partial charge on any atom is -0.507 e. The molecule has 23 heavy (non-hydrogen) atoms. The van der Waals surface area contributed by atoms with Crippen molar-refractivity contribution in [3.05, 3.63) is 34.1 Å². The first-order valence-corrected chi connectivity index (χ1v) is 6.65. The molecule has 2 atom stereocenters. The predicted molar refractivity (Wildman–Crippen MR) is 73.4 cm³/mol. The third kappa shape index (κ3) is 1.85. The smallest absolute Gasteiger partial charge is 0.342 e. The van der Waals surface area contributed by atoms with E-state index in [4.69, 9.17) is 9.47 Å². The van der Waals surface area contributed by atoms with Crippen molar-refractivity contribution in [2.24, 2.45) is 0 Å². The zero-order chi connectivity index (χ0) is 17.0. The van der Waals surface area contributed by atoms with Gasteiger partial charge in [-0.2, -0.15) is 0 Å². The van der Waals surface area contributed by atoms with E-state index in [2.05, 4.69) is 0 Å². The standard InChI is InChI=1S/C15H12O8/c1-4-11(17)9-10(15(21)23-4)13(19)7-5(16)3-6(22-2)12(18)8(7)14(9)20/h3-4,11,17,19-20H,1-2H3/t4-,11?/m0/s1. The van der Waals surface area contributed by atoms with Crippen LogP contribution in [0.4, 0.5) is 0 Å². The van der Waals surface area contributed by atoms with Gasteiger partial charge in [-0.25, -0.2) is 4.79 Å². The number of benzene rings is 1. The van der Waals surface area contributed by atoms with E-state index in [1.54, 1.807) is 0 Å². The number of allylic oxidation sites excluding steroid dienone is 2. The number of carbonyl (C=O) groups excluding carboxylic acids is 3. The van der Waals surface area contributed by atoms with Gasteiger partial charge in [0.1, 0.15) is 29.3 Å². The van der Waals surface area contributed by atoms with Crippen LogP contribution in [-0.4, -0.2) is 46.1 Å². The first kappa shape index (κ1) is 15.0. The highest BCUT2D eigenvalue weighted by molar-refractivity contribution is 6.27. The lowest BCUT2D eigenvalue weighted by atomic mass is 9.83. The summed E-state index contributed by atoms with van der Waals surface area (Å²) in [6.45, 7) is 1.38. The number of hydrogen-bond donors (Lipinski definition) is 3. The molecule has 0 aromatic heterocycles. The largest absolute Gasteiger partial charge is 0.507 e. The molecule has 8 nitrogen and oxygen atoms in total. The van der Waals surface area contributed by atoms with Crippen LogP contribution in [0.1, 0.15) is 49.7 Å². The molecule has 0 spiro atoms. The van der Waals surface area contributed by atoms with Gasteiger partial charge in [-0.1, -0.05) is 0 Å². The van der Waals surface area contributed by atoms with Crippen LogP contribution in [-0.2, 0) is 9.47 Å². The second kappa shape index (κ2) is 4.82. The van der Waals surface area contributed by atoms with E-state index in [1.807, 2.05) is 0 Å². The summed E-state index contributed by atoms with van der Waals surface area (Å²) in [5.74, 6) is -4.53. The molecular formula is C15H12O8. The fraction of sp³-hybridized carbons (Fsp3) is 0.267. The minimum absolute atomic E-state index is 0.321. The van der Waals surface area contributed by atoms with Crippen molar-refractivity contribution < 1.29 is 39.2 Å². The molecule has 0 bridgehead atoms. The van der Waals surface area contributed by atoms with Gasteiger partial charge in [0.25, 0.3) is 0 Å². The summed E-state index contributed by atoms with van der Waals surface area (Å²) in [5.41, 5.74) is -1.90. The molecule has 3 rings (SSSR count). The van der Waals surface area contributed by atoms with E-state index in [1.165, 1.54) is 14.0 Å². The molecule has 0 radical (unpaired) electrons. The average molecular weight is 320 g/mol. The van der Waals surface area contributed by atoms with E-state index in [9.17, 15) is 29.7 Å². The second-order valence-corrected chi connectivity index (χ2v) is 5.20. The maximum atomic E-state index is 12.3. The number of phenolic OH excluding ortho intramolecular Hbond substituents is 2. The number of aliphatic hydroxyl groups excluding tert-OH is 1. The number of aromatic hydroxyl groups is 2. The lowest BCUT2D eigenvalue weighted by Gasteiger charge is -2.30. The molecule has 0 fully saturated rings. The highest BCUT2D eigenvalue weighted by Gasteiger charge is 2.43. The fourth-order valence-corrected chi connectivity index (χ4v) is 2.76. The number of Topliss-reactive ketones (excluding diaryl/α,β-unsaturated/α-hetero) is 1. The summed E-state index contributed by atoms with van der Waals surface area (Å²) >= 11 is 0. The topological polar surface area (TPSA) is 130 Å². The fourth-order valence-electron chi connectivity index (χ4n) is 2.76. The number of aliphatic hydroxyl groups is 1. The monoisotopic (exact) mass is 320 g/mol. The van der Waals surface area contributed by atoms with E-state index >= 15 is 0 Å². The zero-order valence-electron chi connectivity index (χ0n) is 12.1. The number of carbonyl (C=O) groups is 3. The molecule has 1 aromatic rings. The second-order valence-electron chi connectivity index (χ2n) is 5.20. The summed E-state index contributed by atoms with van der Waals surface area (Å²) in [6.07, 6.45) is -1.60. The van der Waals surface area contributed by atoms with E-state index in [0.29, 0.717) is 0 Å². The van der Waals surface area contributed by atoms with Crippen molar-refractivity contribution >= 4 is 17.5 Å². The van der Waals surface area contributed by atoms with Gasteiger partial charge in [-0.05, 0) is 6.92 Å². The number of fused-ring (bicyclic) bond motifs is 2. The van der Waals surface area contributed by atoms with Gasteiger partial charge < -0.3 is 24.8 Å². The Balaban J connectivity index is 2.40. The van der Waals surface area contributed by atoms with Gasteiger partial charge in [0.15, 0.2) is 11.5 Å². The predicted octanol–water partition coefficient (Wildman–Crippen LogP) is 0.599. The van der Waals surface area contributed by atoms with Gasteiger partial charge in [0, 0.05) is 11.6 Å². The summed E-state index contributed by atoms with van der Waals surface area (Å²) in [6, 6.07) is 0. The SMILES string of the molecule is COC1=CC(=O)c2c(O)c3c(c(O)c2C1=O)C(O)[C@H](C)OC3=O. The molecule has 3 N–H and O–H groups in total. The van der Waals surface area contributed by atoms with Gasteiger partial charge in [-0.3, -0.25) is 9.59 Å². The highest BCUT2D eigenvalue weighted by Crippen LogP contribution is 2.46. The molecule has 1 aliphatic heterocycles. The van der Waals surface area contributed by atoms with E-state index < -0.39 is 57.9 Å². The van der Waals surface area contributed by atoms with E-state index in [0.717, 1.165) is 6.08 Å². The molecule has 120 valence electrons. The summed E-state index contributed by atoms with van der Waals surface area (Å²) in [4.78, 5) is 36.4. The van der Waals surface area contributed by atoms with Crippen LogP contribution in [0.15, 0.2) is 11.8 Å². The zero-order valence-corrected chi connectivity index (χ0v) is 12.1. The Bertz CT molecular complexity index is 804. The van der Waals surface area contributed by atoms with Crippen LogP contribution in [0.2, 0.25) is 0 Å². The Morgan fingerprint density at radius 3 is 2.35 bits per heavy atom. The number of hydrogen-bond acceptors (Lipinski definition) is 8. The van der Waals surface area contributed by atoms with Gasteiger partial charge in [0.05, 0.1) is 18.2 Å². The number of cyclic esters (lactones) is 1. The van der Waals surface area contributed by atoms with Crippen LogP contribution in [0, 0.1) is 0 Å². The molecular weight excluding hydrogens is 308 g/mol. The molecule has 0 saturated carbocycles. The molecule has 0 amide bonds. The molecule has 2 aliphatic rings. The molecule has 0 saturated heterocycles. The Kier molecular flexibility index (Phi) is 3.15. The Labute approximate surface area is 129 Å². The first-order chi connectivity index (χ1) is 10.8. The van der Waals surface area contributed by atoms with Crippen molar-refractivity contribution in [3.8, 4) is 11.5 Å². The summed E-state index contributed by atoms with van der Waals surface area (Å²) < 4.78 is 9.64. The van der Waals surface area contributed by atoms with Crippen molar-refractivity contribution in [1.82, 2.24) is 0 Å². The number of phenols is 2. The lowest BCUT2D eigenvalue weighted by molar-refractivity contribution is -0.0226. The highest BCUT2D eigenvalue weighted by atomic mass is 16.6. The molecule has 1 unspecified atom stereocenters. The van der Waals surface area contributed by atoms with Crippen LogP contribution in [0.3, 0.4) is 0 Å². The number of ether oxygens (including phenoxy) is 2. The normalized spacial score (nSPS) is 22.9. The maximum Gasteiger partial charge on any atom is 0.342 e. The summed E-state index contributed by atoms with van der Waals surface area (Å²) in [7, 11) is 1.17. The van der Waals surface area contributed by atoms with Gasteiger partial charge in [0.2, 0.25) is 5.78 Å². The van der Waals surface area contributed by atoms with Crippen molar-refractivity contribution in [3.63, 3.8) is 0 Å². The van der Waals surface area contributed by atoms with E-state index in [-0.39, 0.29) is 11.3 Å². The van der Waals surface area contributed by atoms with Gasteiger partial charge in [-0.15, -0.1) is 0 Å². The van der Waals surface area contributed by atoms with Crippen molar-refractivity contribution in [2.75, 3.05) is 7.11 Å². The number of rotatable bonds is 1. The van der Waals surface area contributed by atoms with Crippen molar-refractivity contribution in [2.45, 2.75) is 19.1 Å². The van der Waals surface area contributed by atoms with Crippen LogP contribution < -0.4 is 0 Å². The number of methoxy groups -OCH3 is 1.